The summed E-state index contributed by atoms with van der Waals surface area (Å²) in [5, 5.41) is 2.48. The van der Waals surface area contributed by atoms with Crippen molar-refractivity contribution < 1.29 is 27.5 Å². The first-order chi connectivity index (χ1) is 12.3. The lowest BCUT2D eigenvalue weighted by atomic mass is 10.1. The zero-order valence-electron chi connectivity index (χ0n) is 14.4. The topological polar surface area (TPSA) is 98.8 Å². The number of anilines is 1. The number of methoxy groups -OCH3 is 2. The van der Waals surface area contributed by atoms with E-state index in [1.165, 1.54) is 26.4 Å². The average Bonchev–Trinajstić information content (AvgIpc) is 2.61. The maximum Gasteiger partial charge on any atom is 0.239 e. The predicted octanol–water partition coefficient (Wildman–Crippen LogP) is 1.94. The second kappa shape index (κ2) is 8.48. The molecule has 0 aromatic heterocycles. The smallest absolute Gasteiger partial charge is 0.239 e. The van der Waals surface area contributed by atoms with E-state index in [1.807, 2.05) is 0 Å². The number of carbonyl (C=O) groups excluding carboxylic acids is 2. The summed E-state index contributed by atoms with van der Waals surface area (Å²) >= 11 is 0. The molecule has 0 aliphatic heterocycles. The normalized spacial score (nSPS) is 10.8. The lowest BCUT2D eigenvalue weighted by Crippen LogP contribution is -2.27. The predicted molar refractivity (Wildman–Crippen MR) is 97.6 cm³/mol. The molecule has 0 aliphatic carbocycles. The van der Waals surface area contributed by atoms with Crippen LogP contribution in [0.4, 0.5) is 5.69 Å². The number of hydrogen-bond donors (Lipinski definition) is 1. The van der Waals surface area contributed by atoms with Gasteiger partial charge in [0.2, 0.25) is 5.91 Å². The molecule has 0 spiro atoms. The highest BCUT2D eigenvalue weighted by atomic mass is 32.2. The lowest BCUT2D eigenvalue weighted by Gasteiger charge is -2.08. The number of sulfone groups is 1. The SMILES string of the molecule is COc1ccc(NC(=O)CS(=O)(=O)CC(=O)c2cccc(OC)c2)cc1. The number of carbonyl (C=O) groups is 2. The molecule has 2 aromatic carbocycles. The number of ketones is 1. The number of Topliss-reactive ketones (excluding diaryl/α,β-unsaturated/α-hetero) is 1. The van der Waals surface area contributed by atoms with Crippen LogP contribution in [-0.2, 0) is 14.6 Å². The Bertz CT molecular complexity index is 890. The van der Waals surface area contributed by atoms with Crippen molar-refractivity contribution in [3.05, 3.63) is 54.1 Å². The number of amides is 1. The summed E-state index contributed by atoms with van der Waals surface area (Å²) in [5.74, 6) is -1.79. The van der Waals surface area contributed by atoms with E-state index < -0.39 is 33.0 Å². The molecular formula is C18H19NO6S. The van der Waals surface area contributed by atoms with Crippen molar-refractivity contribution in [2.45, 2.75) is 0 Å². The zero-order valence-corrected chi connectivity index (χ0v) is 15.2. The third-order valence-electron chi connectivity index (χ3n) is 3.47. The lowest BCUT2D eigenvalue weighted by molar-refractivity contribution is -0.113. The third kappa shape index (κ3) is 5.59. The van der Waals surface area contributed by atoms with Crippen molar-refractivity contribution in [2.75, 3.05) is 31.0 Å². The summed E-state index contributed by atoms with van der Waals surface area (Å²) in [7, 11) is -0.946. The van der Waals surface area contributed by atoms with Crippen LogP contribution in [0.15, 0.2) is 48.5 Å². The van der Waals surface area contributed by atoms with E-state index in [0.29, 0.717) is 17.2 Å². The van der Waals surface area contributed by atoms with Crippen molar-refractivity contribution in [3.63, 3.8) is 0 Å². The van der Waals surface area contributed by atoms with Crippen molar-refractivity contribution in [1.29, 1.82) is 0 Å². The maximum atomic E-state index is 12.2. The minimum absolute atomic E-state index is 0.212. The molecule has 0 bridgehead atoms. The van der Waals surface area contributed by atoms with Gasteiger partial charge in [0.15, 0.2) is 15.6 Å². The summed E-state index contributed by atoms with van der Waals surface area (Å²) in [4.78, 5) is 24.1. The molecule has 0 aliphatic rings. The number of benzene rings is 2. The molecule has 0 unspecified atom stereocenters. The van der Waals surface area contributed by atoms with Gasteiger partial charge < -0.3 is 14.8 Å². The molecule has 1 amide bonds. The number of ether oxygens (including phenoxy) is 2. The molecule has 2 aromatic rings. The van der Waals surface area contributed by atoms with Gasteiger partial charge in [0.05, 0.1) is 14.2 Å². The Kier molecular flexibility index (Phi) is 6.35. The Morgan fingerprint density at radius 3 is 2.19 bits per heavy atom. The first-order valence-electron chi connectivity index (χ1n) is 7.64. The van der Waals surface area contributed by atoms with E-state index in [-0.39, 0.29) is 5.56 Å². The summed E-state index contributed by atoms with van der Waals surface area (Å²) in [5.41, 5.74) is 0.647. The molecule has 0 atom stereocenters. The van der Waals surface area contributed by atoms with E-state index in [9.17, 15) is 18.0 Å². The molecule has 2 rings (SSSR count). The van der Waals surface area contributed by atoms with Gasteiger partial charge in [-0.2, -0.15) is 0 Å². The second-order valence-electron chi connectivity index (χ2n) is 5.46. The van der Waals surface area contributed by atoms with E-state index in [4.69, 9.17) is 9.47 Å². The van der Waals surface area contributed by atoms with Gasteiger partial charge in [-0.3, -0.25) is 9.59 Å². The largest absolute Gasteiger partial charge is 0.497 e. The van der Waals surface area contributed by atoms with E-state index >= 15 is 0 Å². The molecule has 8 heteroatoms. The van der Waals surface area contributed by atoms with Crippen LogP contribution in [0.3, 0.4) is 0 Å². The summed E-state index contributed by atoms with van der Waals surface area (Å²) < 4.78 is 34.3. The number of nitrogens with one attached hydrogen (secondary N) is 1. The van der Waals surface area contributed by atoms with Crippen molar-refractivity contribution >= 4 is 27.2 Å². The summed E-state index contributed by atoms with van der Waals surface area (Å²) in [6.45, 7) is 0. The van der Waals surface area contributed by atoms with Gasteiger partial charge in [0, 0.05) is 11.3 Å². The molecule has 0 saturated heterocycles. The Hall–Kier alpha value is -2.87. The summed E-state index contributed by atoms with van der Waals surface area (Å²) in [6, 6.07) is 12.6. The monoisotopic (exact) mass is 377 g/mol. The van der Waals surface area contributed by atoms with Crippen molar-refractivity contribution in [2.24, 2.45) is 0 Å². The van der Waals surface area contributed by atoms with Crippen LogP contribution in [0.2, 0.25) is 0 Å². The van der Waals surface area contributed by atoms with Gasteiger partial charge in [-0.25, -0.2) is 8.42 Å². The molecule has 0 heterocycles. The van der Waals surface area contributed by atoms with Crippen LogP contribution in [0.5, 0.6) is 11.5 Å². The van der Waals surface area contributed by atoms with E-state index in [2.05, 4.69) is 5.32 Å². The van der Waals surface area contributed by atoms with Gasteiger partial charge in [0.25, 0.3) is 0 Å². The average molecular weight is 377 g/mol. The van der Waals surface area contributed by atoms with Gasteiger partial charge in [-0.05, 0) is 36.4 Å². The van der Waals surface area contributed by atoms with Gasteiger partial charge >= 0.3 is 0 Å². The van der Waals surface area contributed by atoms with E-state index in [1.54, 1.807) is 36.4 Å². The molecule has 0 saturated carbocycles. The van der Waals surface area contributed by atoms with Crippen LogP contribution in [0, 0.1) is 0 Å². The highest BCUT2D eigenvalue weighted by molar-refractivity contribution is 7.92. The standard InChI is InChI=1S/C18H19NO6S/c1-24-15-8-6-14(7-9-15)19-18(21)12-26(22,23)11-17(20)13-4-3-5-16(10-13)25-2/h3-10H,11-12H2,1-2H3,(H,19,21). The second-order valence-corrected chi connectivity index (χ2v) is 7.53. The fourth-order valence-corrected chi connectivity index (χ4v) is 3.34. The number of rotatable bonds is 8. The number of hydrogen-bond acceptors (Lipinski definition) is 6. The van der Waals surface area contributed by atoms with Gasteiger partial charge in [0.1, 0.15) is 23.0 Å². The van der Waals surface area contributed by atoms with Crippen molar-refractivity contribution in [3.8, 4) is 11.5 Å². The fourth-order valence-electron chi connectivity index (χ4n) is 2.20. The van der Waals surface area contributed by atoms with Crippen LogP contribution >= 0.6 is 0 Å². The fraction of sp³-hybridized carbons (Fsp3) is 0.222. The molecule has 26 heavy (non-hydrogen) atoms. The first kappa shape index (κ1) is 19.5. The minimum Gasteiger partial charge on any atom is -0.497 e. The zero-order chi connectivity index (χ0) is 19.2. The Labute approximate surface area is 151 Å². The Morgan fingerprint density at radius 1 is 0.923 bits per heavy atom. The molecule has 7 nitrogen and oxygen atoms in total. The Balaban J connectivity index is 1.98. The third-order valence-corrected chi connectivity index (χ3v) is 4.87. The minimum atomic E-state index is -3.91. The molecule has 138 valence electrons. The van der Waals surface area contributed by atoms with E-state index in [0.717, 1.165) is 0 Å². The summed E-state index contributed by atoms with van der Waals surface area (Å²) in [6.07, 6.45) is 0. The van der Waals surface area contributed by atoms with Gasteiger partial charge in [-0.1, -0.05) is 12.1 Å². The highest BCUT2D eigenvalue weighted by Gasteiger charge is 2.22. The quantitative estimate of drug-likeness (QED) is 0.706. The van der Waals surface area contributed by atoms with Gasteiger partial charge in [-0.15, -0.1) is 0 Å². The molecule has 0 fully saturated rings. The molecule has 0 radical (unpaired) electrons. The molecular weight excluding hydrogens is 358 g/mol. The van der Waals surface area contributed by atoms with Crippen molar-refractivity contribution in [1.82, 2.24) is 0 Å². The van der Waals surface area contributed by atoms with Crippen LogP contribution in [0.25, 0.3) is 0 Å². The van der Waals surface area contributed by atoms with Crippen LogP contribution in [-0.4, -0.2) is 45.8 Å². The maximum absolute atomic E-state index is 12.2. The Morgan fingerprint density at radius 2 is 1.58 bits per heavy atom. The highest BCUT2D eigenvalue weighted by Crippen LogP contribution is 2.16. The molecule has 1 N–H and O–H groups in total. The van der Waals surface area contributed by atoms with Crippen LogP contribution in [0.1, 0.15) is 10.4 Å². The van der Waals surface area contributed by atoms with Crippen LogP contribution < -0.4 is 14.8 Å². The first-order valence-corrected chi connectivity index (χ1v) is 9.46.